The fourth-order valence-electron chi connectivity index (χ4n) is 7.52. The van der Waals surface area contributed by atoms with Crippen LogP contribution in [0.3, 0.4) is 0 Å². The molecule has 0 bridgehead atoms. The van der Waals surface area contributed by atoms with Crippen molar-refractivity contribution in [1.82, 2.24) is 24.1 Å². The molecule has 0 unspecified atom stereocenters. The van der Waals surface area contributed by atoms with Crippen LogP contribution in [0.25, 0.3) is 95.2 Å². The van der Waals surface area contributed by atoms with Crippen molar-refractivity contribution in [3.8, 4) is 45.5 Å². The van der Waals surface area contributed by atoms with Crippen LogP contribution in [-0.2, 0) is 0 Å². The van der Waals surface area contributed by atoms with E-state index in [1.165, 1.54) is 21.5 Å². The van der Waals surface area contributed by atoms with Crippen molar-refractivity contribution < 1.29 is 0 Å². The topological polar surface area (TPSA) is 48.5 Å². The third-order valence-corrected chi connectivity index (χ3v) is 9.90. The Morgan fingerprint density at radius 3 is 1.31 bits per heavy atom. The number of hydrogen-bond acceptors (Lipinski definition) is 3. The van der Waals surface area contributed by atoms with Gasteiger partial charge in [-0.1, -0.05) is 128 Å². The average Bonchev–Trinajstić information content (AvgIpc) is 3.74. The Morgan fingerprint density at radius 1 is 0.365 bits per heavy atom. The second kappa shape index (κ2) is 12.0. The first-order valence-corrected chi connectivity index (χ1v) is 17.4. The third-order valence-electron chi connectivity index (χ3n) is 9.90. The van der Waals surface area contributed by atoms with Gasteiger partial charge in [0.15, 0.2) is 17.5 Å². The maximum absolute atomic E-state index is 5.16. The van der Waals surface area contributed by atoms with E-state index in [-0.39, 0.29) is 0 Å². The summed E-state index contributed by atoms with van der Waals surface area (Å²) in [6.45, 7) is 4.00. The SMILES string of the molecule is C=Cc1ccc2c(c1)c1ccccc1n2-c1cccc(-c2nc(-c3ccccc3)nc(-c3cccc(-n4c5ccccc5c5ccccc54)c3)n2)c1. The van der Waals surface area contributed by atoms with Gasteiger partial charge in [0.25, 0.3) is 0 Å². The molecule has 0 aliphatic rings. The highest BCUT2D eigenvalue weighted by Crippen LogP contribution is 2.36. The van der Waals surface area contributed by atoms with E-state index < -0.39 is 0 Å². The first-order valence-electron chi connectivity index (χ1n) is 17.4. The molecule has 10 aromatic rings. The number of fused-ring (bicyclic) bond motifs is 6. The molecule has 10 rings (SSSR count). The summed E-state index contributed by atoms with van der Waals surface area (Å²) in [6.07, 6.45) is 1.90. The van der Waals surface area contributed by atoms with Gasteiger partial charge in [-0.15, -0.1) is 0 Å². The highest BCUT2D eigenvalue weighted by Gasteiger charge is 2.17. The van der Waals surface area contributed by atoms with Crippen molar-refractivity contribution in [2.45, 2.75) is 0 Å². The lowest BCUT2D eigenvalue weighted by Gasteiger charge is -2.13. The van der Waals surface area contributed by atoms with Gasteiger partial charge < -0.3 is 9.13 Å². The Bertz CT molecular complexity index is 2930. The van der Waals surface area contributed by atoms with E-state index in [1.54, 1.807) is 0 Å². The molecule has 5 nitrogen and oxygen atoms in total. The Kier molecular flexibility index (Phi) is 6.89. The number of aromatic nitrogens is 5. The Morgan fingerprint density at radius 2 is 0.788 bits per heavy atom. The van der Waals surface area contributed by atoms with E-state index in [9.17, 15) is 0 Å². The lowest BCUT2D eigenvalue weighted by Crippen LogP contribution is -2.02. The van der Waals surface area contributed by atoms with Crippen molar-refractivity contribution in [2.75, 3.05) is 0 Å². The Labute approximate surface area is 300 Å². The summed E-state index contributed by atoms with van der Waals surface area (Å²) in [5.41, 5.74) is 10.5. The van der Waals surface area contributed by atoms with Gasteiger partial charge in [-0.3, -0.25) is 0 Å². The summed E-state index contributed by atoms with van der Waals surface area (Å²) in [4.78, 5) is 15.3. The molecule has 3 aromatic heterocycles. The molecule has 52 heavy (non-hydrogen) atoms. The molecule has 0 saturated heterocycles. The molecule has 0 atom stereocenters. The predicted molar refractivity (Wildman–Crippen MR) is 215 cm³/mol. The largest absolute Gasteiger partial charge is 0.309 e. The Hall–Kier alpha value is -7.11. The summed E-state index contributed by atoms with van der Waals surface area (Å²) in [5, 5.41) is 4.84. The van der Waals surface area contributed by atoms with Crippen molar-refractivity contribution in [2.24, 2.45) is 0 Å². The van der Waals surface area contributed by atoms with E-state index in [0.717, 1.165) is 55.7 Å². The second-order valence-electron chi connectivity index (χ2n) is 13.0. The van der Waals surface area contributed by atoms with E-state index in [4.69, 9.17) is 15.0 Å². The van der Waals surface area contributed by atoms with Crippen LogP contribution in [0.2, 0.25) is 0 Å². The molecule has 5 heteroatoms. The van der Waals surface area contributed by atoms with Crippen LogP contribution in [0.15, 0.2) is 176 Å². The molecular weight excluding hydrogens is 635 g/mol. The number of rotatable bonds is 6. The van der Waals surface area contributed by atoms with Crippen LogP contribution >= 0.6 is 0 Å². The minimum absolute atomic E-state index is 0.614. The van der Waals surface area contributed by atoms with Crippen molar-refractivity contribution in [3.63, 3.8) is 0 Å². The second-order valence-corrected chi connectivity index (χ2v) is 13.0. The monoisotopic (exact) mass is 665 g/mol. The minimum atomic E-state index is 0.614. The van der Waals surface area contributed by atoms with E-state index in [0.29, 0.717) is 17.5 Å². The van der Waals surface area contributed by atoms with Crippen LogP contribution in [0, 0.1) is 0 Å². The maximum Gasteiger partial charge on any atom is 0.164 e. The zero-order chi connectivity index (χ0) is 34.6. The minimum Gasteiger partial charge on any atom is -0.309 e. The van der Waals surface area contributed by atoms with Gasteiger partial charge in [0.1, 0.15) is 0 Å². The van der Waals surface area contributed by atoms with Crippen LogP contribution in [0.4, 0.5) is 0 Å². The maximum atomic E-state index is 5.16. The van der Waals surface area contributed by atoms with Crippen molar-refractivity contribution in [3.05, 3.63) is 182 Å². The number of benzene rings is 7. The molecule has 0 saturated carbocycles. The first-order chi connectivity index (χ1) is 25.7. The van der Waals surface area contributed by atoms with Crippen LogP contribution in [-0.4, -0.2) is 24.1 Å². The van der Waals surface area contributed by atoms with Crippen LogP contribution in [0.5, 0.6) is 0 Å². The van der Waals surface area contributed by atoms with Crippen molar-refractivity contribution in [1.29, 1.82) is 0 Å². The number of nitrogens with zero attached hydrogens (tertiary/aromatic N) is 5. The highest BCUT2D eigenvalue weighted by molar-refractivity contribution is 6.10. The van der Waals surface area contributed by atoms with Gasteiger partial charge >= 0.3 is 0 Å². The summed E-state index contributed by atoms with van der Waals surface area (Å²) in [7, 11) is 0. The zero-order valence-corrected chi connectivity index (χ0v) is 28.2. The molecule has 0 N–H and O–H groups in total. The molecule has 0 spiro atoms. The van der Waals surface area contributed by atoms with Gasteiger partial charge in [0.05, 0.1) is 22.1 Å². The third kappa shape index (κ3) is 4.83. The van der Waals surface area contributed by atoms with E-state index in [1.807, 2.05) is 36.4 Å². The summed E-state index contributed by atoms with van der Waals surface area (Å²) >= 11 is 0. The lowest BCUT2D eigenvalue weighted by molar-refractivity contribution is 1.07. The zero-order valence-electron chi connectivity index (χ0n) is 28.2. The molecule has 0 fully saturated rings. The molecule has 0 radical (unpaired) electrons. The predicted octanol–water partition coefficient (Wildman–Crippen LogP) is 11.7. The van der Waals surface area contributed by atoms with E-state index in [2.05, 4.69) is 155 Å². The molecule has 0 aliphatic carbocycles. The van der Waals surface area contributed by atoms with Gasteiger partial charge in [-0.05, 0) is 60.2 Å². The fraction of sp³-hybridized carbons (Fsp3) is 0. The van der Waals surface area contributed by atoms with Gasteiger partial charge in [0, 0.05) is 49.6 Å². The van der Waals surface area contributed by atoms with Crippen molar-refractivity contribution >= 4 is 49.7 Å². The van der Waals surface area contributed by atoms with Crippen LogP contribution < -0.4 is 0 Å². The standard InChI is InChI=1S/C47H31N5/c1-2-31-26-27-44-40(28-31)39-22-8-11-25-43(39)52(44)36-19-13-17-34(30-36)47-49-45(32-14-4-3-5-15-32)48-46(50-47)33-16-12-18-35(29-33)51-41-23-9-6-20-37(41)38-21-7-10-24-42(38)51/h2-30H,1H2. The summed E-state index contributed by atoms with van der Waals surface area (Å²) in [5.74, 6) is 1.86. The van der Waals surface area contributed by atoms with Gasteiger partial charge in [-0.25, -0.2) is 15.0 Å². The summed E-state index contributed by atoms with van der Waals surface area (Å²) in [6, 6.07) is 59.3. The average molecular weight is 666 g/mol. The fourth-order valence-corrected chi connectivity index (χ4v) is 7.52. The molecule has 0 amide bonds. The molecule has 3 heterocycles. The van der Waals surface area contributed by atoms with Gasteiger partial charge in [0.2, 0.25) is 0 Å². The summed E-state index contributed by atoms with van der Waals surface area (Å²) < 4.78 is 4.64. The smallest absolute Gasteiger partial charge is 0.164 e. The molecular formula is C47H31N5. The lowest BCUT2D eigenvalue weighted by atomic mass is 10.1. The quantitative estimate of drug-likeness (QED) is 0.178. The molecule has 7 aromatic carbocycles. The molecule has 244 valence electrons. The van der Waals surface area contributed by atoms with Crippen LogP contribution in [0.1, 0.15) is 5.56 Å². The van der Waals surface area contributed by atoms with E-state index >= 15 is 0 Å². The first kappa shape index (κ1) is 29.8. The molecule has 0 aliphatic heterocycles. The number of para-hydroxylation sites is 3. The number of hydrogen-bond donors (Lipinski definition) is 0. The van der Waals surface area contributed by atoms with Gasteiger partial charge in [-0.2, -0.15) is 0 Å². The normalized spacial score (nSPS) is 11.5. The Balaban J connectivity index is 1.15. The highest BCUT2D eigenvalue weighted by atomic mass is 15.0.